The maximum absolute atomic E-state index is 14.1. The van der Waals surface area contributed by atoms with Gasteiger partial charge in [-0.2, -0.15) is 0 Å². The van der Waals surface area contributed by atoms with Crippen LogP contribution in [0.15, 0.2) is 36.5 Å². The van der Waals surface area contributed by atoms with Crippen molar-refractivity contribution in [2.75, 3.05) is 5.32 Å². The summed E-state index contributed by atoms with van der Waals surface area (Å²) >= 11 is 1.89. The number of carbonyl (C=O) groups is 1. The number of hydrogen-bond donors (Lipinski definition) is 1. The monoisotopic (exact) mass is 437 g/mol. The number of urea groups is 1. The van der Waals surface area contributed by atoms with E-state index in [0.29, 0.717) is 17.8 Å². The Morgan fingerprint density at radius 3 is 2.77 bits per heavy atom. The largest absolute Gasteiger partial charge is 0.322 e. The van der Waals surface area contributed by atoms with Gasteiger partial charge < -0.3 is 14.8 Å². The predicted octanol–water partition coefficient (Wildman–Crippen LogP) is 6.61. The van der Waals surface area contributed by atoms with Gasteiger partial charge in [0.1, 0.15) is 10.8 Å². The summed E-state index contributed by atoms with van der Waals surface area (Å²) in [5.74, 6) is -0.0730. The molecule has 5 rings (SSSR count). The molecule has 6 heteroatoms. The summed E-state index contributed by atoms with van der Waals surface area (Å²) < 4.78 is 16.4. The molecule has 2 aliphatic rings. The Bertz CT molecular complexity index is 1150. The number of aryl methyl sites for hydroxylation is 2. The smallest absolute Gasteiger partial charge is 0.311 e. The van der Waals surface area contributed by atoms with Crippen LogP contribution >= 0.6 is 11.3 Å². The molecular weight excluding hydrogens is 409 g/mol. The quantitative estimate of drug-likeness (QED) is 0.481. The zero-order valence-electron chi connectivity index (χ0n) is 18.2. The number of halogens is 1. The summed E-state index contributed by atoms with van der Waals surface area (Å²) in [6, 6.07) is 8.82. The van der Waals surface area contributed by atoms with Crippen LogP contribution < -0.4 is 5.32 Å². The van der Waals surface area contributed by atoms with E-state index in [-0.39, 0.29) is 23.8 Å². The number of nitrogens with one attached hydrogen (secondary N) is 1. The number of fused-ring (bicyclic) bond motifs is 5. The summed E-state index contributed by atoms with van der Waals surface area (Å²) in [6.07, 6.45) is 6.79. The fraction of sp³-hybridized carbons (Fsp3) is 0.400. The van der Waals surface area contributed by atoms with Gasteiger partial charge in [0.25, 0.3) is 0 Å². The van der Waals surface area contributed by atoms with Crippen LogP contribution in [0.25, 0.3) is 5.00 Å². The molecule has 3 aromatic rings. The molecule has 1 aliphatic carbocycles. The van der Waals surface area contributed by atoms with Gasteiger partial charge in [0.05, 0.1) is 12.6 Å². The van der Waals surface area contributed by atoms with Crippen LogP contribution in [0.3, 0.4) is 0 Å². The third-order valence-corrected chi connectivity index (χ3v) is 7.87. The maximum atomic E-state index is 14.1. The van der Waals surface area contributed by atoms with Crippen molar-refractivity contribution in [2.24, 2.45) is 5.92 Å². The standard InChI is InChI=1S/C25H28FN3OS/c1-15(2)23-21-8-6-12-28(21)24-19(18-7-4-5-9-22(18)31-24)14-29(23)25(30)27-17-11-10-16(3)20(26)13-17/h6,8,10-13,15,23H,4-5,7,9,14H2,1-3H3,(H,27,30)/t23-/m0/s1. The highest BCUT2D eigenvalue weighted by molar-refractivity contribution is 7.15. The molecule has 1 aromatic carbocycles. The highest BCUT2D eigenvalue weighted by Gasteiger charge is 2.36. The molecular formula is C25H28FN3OS. The first-order valence-electron chi connectivity index (χ1n) is 11.1. The van der Waals surface area contributed by atoms with E-state index in [1.54, 1.807) is 19.1 Å². The van der Waals surface area contributed by atoms with Crippen molar-refractivity contribution < 1.29 is 9.18 Å². The number of rotatable bonds is 2. The molecule has 0 radical (unpaired) electrons. The van der Waals surface area contributed by atoms with Crippen LogP contribution in [0, 0.1) is 18.7 Å². The van der Waals surface area contributed by atoms with E-state index in [2.05, 4.69) is 42.1 Å². The van der Waals surface area contributed by atoms with Gasteiger partial charge in [0.2, 0.25) is 0 Å². The molecule has 1 aliphatic heterocycles. The van der Waals surface area contributed by atoms with Crippen molar-refractivity contribution in [2.45, 2.75) is 59.0 Å². The Morgan fingerprint density at radius 1 is 1.19 bits per heavy atom. The number of thiophene rings is 1. The minimum atomic E-state index is -0.308. The van der Waals surface area contributed by atoms with Gasteiger partial charge >= 0.3 is 6.03 Å². The van der Waals surface area contributed by atoms with Crippen LogP contribution in [-0.4, -0.2) is 15.5 Å². The van der Waals surface area contributed by atoms with Crippen molar-refractivity contribution in [3.8, 4) is 5.00 Å². The first-order chi connectivity index (χ1) is 14.9. The molecule has 0 saturated heterocycles. The van der Waals surface area contributed by atoms with E-state index < -0.39 is 0 Å². The summed E-state index contributed by atoms with van der Waals surface area (Å²) in [5, 5.41) is 4.22. The molecule has 0 spiro atoms. The van der Waals surface area contributed by atoms with E-state index in [0.717, 1.165) is 18.5 Å². The fourth-order valence-corrected chi connectivity index (χ4v) is 6.39. The molecule has 2 amide bonds. The Hall–Kier alpha value is -2.60. The topological polar surface area (TPSA) is 37.3 Å². The van der Waals surface area contributed by atoms with Gasteiger partial charge in [-0.15, -0.1) is 11.3 Å². The normalized spacial score (nSPS) is 17.7. The van der Waals surface area contributed by atoms with Crippen molar-refractivity contribution in [3.05, 3.63) is 69.6 Å². The van der Waals surface area contributed by atoms with Gasteiger partial charge in [-0.1, -0.05) is 19.9 Å². The SMILES string of the molecule is Cc1ccc(NC(=O)N2Cc3c(sc4c3CCCC4)-n3cccc3[C@@H]2C(C)C)cc1F. The molecule has 0 bridgehead atoms. The first-order valence-corrected chi connectivity index (χ1v) is 11.9. The molecule has 0 saturated carbocycles. The number of anilines is 1. The molecule has 162 valence electrons. The van der Waals surface area contributed by atoms with E-state index in [9.17, 15) is 9.18 Å². The molecule has 3 heterocycles. The average molecular weight is 438 g/mol. The minimum absolute atomic E-state index is 0.0656. The summed E-state index contributed by atoms with van der Waals surface area (Å²) in [7, 11) is 0. The van der Waals surface area contributed by atoms with Gasteiger partial charge in [-0.25, -0.2) is 9.18 Å². The number of aromatic nitrogens is 1. The third-order valence-electron chi connectivity index (χ3n) is 6.54. The Labute approximate surface area is 186 Å². The summed E-state index contributed by atoms with van der Waals surface area (Å²) in [5.41, 5.74) is 4.92. The third kappa shape index (κ3) is 3.47. The highest BCUT2D eigenvalue weighted by Crippen LogP contribution is 2.44. The lowest BCUT2D eigenvalue weighted by atomic mass is 9.94. The van der Waals surface area contributed by atoms with Crippen molar-refractivity contribution in [3.63, 3.8) is 0 Å². The lowest BCUT2D eigenvalue weighted by Gasteiger charge is -2.33. The highest BCUT2D eigenvalue weighted by atomic mass is 32.1. The number of hydrogen-bond acceptors (Lipinski definition) is 2. The Kier molecular flexibility index (Phi) is 5.13. The van der Waals surface area contributed by atoms with Crippen LogP contribution in [0.1, 0.15) is 60.0 Å². The van der Waals surface area contributed by atoms with Crippen LogP contribution in [0.5, 0.6) is 0 Å². The molecule has 31 heavy (non-hydrogen) atoms. The van der Waals surface area contributed by atoms with Crippen LogP contribution in [0.2, 0.25) is 0 Å². The predicted molar refractivity (Wildman–Crippen MR) is 124 cm³/mol. The maximum Gasteiger partial charge on any atom is 0.322 e. The van der Waals surface area contributed by atoms with E-state index in [1.165, 1.54) is 39.9 Å². The van der Waals surface area contributed by atoms with Crippen LogP contribution in [0.4, 0.5) is 14.9 Å². The van der Waals surface area contributed by atoms with Gasteiger partial charge in [-0.05, 0) is 73.9 Å². The summed E-state index contributed by atoms with van der Waals surface area (Å²) in [4.78, 5) is 17.0. The van der Waals surface area contributed by atoms with E-state index >= 15 is 0 Å². The molecule has 1 N–H and O–H groups in total. The zero-order valence-corrected chi connectivity index (χ0v) is 19.1. The van der Waals surface area contributed by atoms with Crippen molar-refractivity contribution in [1.82, 2.24) is 9.47 Å². The zero-order chi connectivity index (χ0) is 21.7. The minimum Gasteiger partial charge on any atom is -0.311 e. The van der Waals surface area contributed by atoms with Gasteiger partial charge in [0.15, 0.2) is 0 Å². The number of nitrogens with zero attached hydrogens (tertiary/aromatic N) is 2. The molecule has 2 aromatic heterocycles. The molecule has 4 nitrogen and oxygen atoms in total. The molecule has 0 unspecified atom stereocenters. The van der Waals surface area contributed by atoms with E-state index in [4.69, 9.17) is 0 Å². The summed E-state index contributed by atoms with van der Waals surface area (Å²) in [6.45, 7) is 6.61. The number of benzene rings is 1. The van der Waals surface area contributed by atoms with Crippen molar-refractivity contribution in [1.29, 1.82) is 0 Å². The lowest BCUT2D eigenvalue weighted by Crippen LogP contribution is -2.39. The fourth-order valence-electron chi connectivity index (χ4n) is 4.99. The number of amides is 2. The molecule has 0 fully saturated rings. The number of carbonyl (C=O) groups excluding carboxylic acids is 1. The van der Waals surface area contributed by atoms with Gasteiger partial charge in [-0.3, -0.25) is 0 Å². The van der Waals surface area contributed by atoms with Crippen molar-refractivity contribution >= 4 is 23.1 Å². The Balaban J connectivity index is 1.58. The second-order valence-electron chi connectivity index (χ2n) is 9.01. The molecule has 1 atom stereocenters. The van der Waals surface area contributed by atoms with Gasteiger partial charge in [0, 0.05) is 28.0 Å². The first kappa shape index (κ1) is 20.3. The van der Waals surface area contributed by atoms with E-state index in [1.807, 2.05) is 16.2 Å². The second-order valence-corrected chi connectivity index (χ2v) is 10.1. The van der Waals surface area contributed by atoms with Crippen LogP contribution in [-0.2, 0) is 19.4 Å². The average Bonchev–Trinajstić information content (AvgIpc) is 3.32. The second kappa shape index (κ2) is 7.83. The Morgan fingerprint density at radius 2 is 2.00 bits per heavy atom. The lowest BCUT2D eigenvalue weighted by molar-refractivity contribution is 0.161.